The van der Waals surface area contributed by atoms with E-state index in [9.17, 15) is 0 Å². The molecule has 9 aromatic carbocycles. The zero-order chi connectivity index (χ0) is 38.3. The van der Waals surface area contributed by atoms with Crippen LogP contribution in [0.15, 0.2) is 185 Å². The Kier molecular flexibility index (Phi) is 6.23. The Morgan fingerprint density at radius 1 is 0.379 bits per heavy atom. The van der Waals surface area contributed by atoms with Crippen molar-refractivity contribution in [3.8, 4) is 44.5 Å². The average Bonchev–Trinajstić information content (AvgIpc) is 3.88. The molecule has 0 atom stereocenters. The number of rotatable bonds is 5. The number of hydrogen-bond acceptors (Lipinski definition) is 3. The molecule has 3 heteroatoms. The molecule has 3 nitrogen and oxygen atoms in total. The lowest BCUT2D eigenvalue weighted by Gasteiger charge is -2.27. The molecule has 0 bridgehead atoms. The van der Waals surface area contributed by atoms with Crippen LogP contribution in [0.5, 0.6) is 0 Å². The first-order valence-corrected chi connectivity index (χ1v) is 20.1. The smallest absolute Gasteiger partial charge is 0.137 e. The zero-order valence-electron chi connectivity index (χ0n) is 32.0. The van der Waals surface area contributed by atoms with Crippen LogP contribution >= 0.6 is 0 Å². The Balaban J connectivity index is 1.07. The molecule has 0 saturated carbocycles. The quantitative estimate of drug-likeness (QED) is 0.176. The van der Waals surface area contributed by atoms with Crippen LogP contribution in [0.25, 0.3) is 99.2 Å². The molecule has 0 aliphatic heterocycles. The maximum absolute atomic E-state index is 6.63. The van der Waals surface area contributed by atoms with Crippen LogP contribution in [0.2, 0.25) is 0 Å². The highest BCUT2D eigenvalue weighted by Gasteiger charge is 2.41. The van der Waals surface area contributed by atoms with Crippen molar-refractivity contribution in [2.24, 2.45) is 0 Å². The predicted molar refractivity (Wildman–Crippen MR) is 241 cm³/mol. The fourth-order valence-electron chi connectivity index (χ4n) is 10.3. The monoisotopic (exact) mass is 741 g/mol. The van der Waals surface area contributed by atoms with Gasteiger partial charge in [-0.3, -0.25) is 0 Å². The van der Waals surface area contributed by atoms with Gasteiger partial charge in [-0.2, -0.15) is 0 Å². The van der Waals surface area contributed by atoms with Crippen molar-refractivity contribution < 1.29 is 8.83 Å². The van der Waals surface area contributed by atoms with E-state index in [-0.39, 0.29) is 5.41 Å². The summed E-state index contributed by atoms with van der Waals surface area (Å²) < 4.78 is 13.1. The van der Waals surface area contributed by atoms with Crippen molar-refractivity contribution in [1.29, 1.82) is 0 Å². The van der Waals surface area contributed by atoms with Crippen LogP contribution in [0.1, 0.15) is 25.0 Å². The zero-order valence-corrected chi connectivity index (χ0v) is 32.0. The van der Waals surface area contributed by atoms with Gasteiger partial charge in [-0.05, 0) is 116 Å². The van der Waals surface area contributed by atoms with Gasteiger partial charge >= 0.3 is 0 Å². The third-order valence-corrected chi connectivity index (χ3v) is 13.0. The summed E-state index contributed by atoms with van der Waals surface area (Å²) in [5.41, 5.74) is 19.3. The average molecular weight is 742 g/mol. The molecule has 0 amide bonds. The minimum absolute atomic E-state index is 0.152. The lowest BCUT2D eigenvalue weighted by atomic mass is 9.80. The highest BCUT2D eigenvalue weighted by Crippen LogP contribution is 2.60. The number of anilines is 3. The number of benzene rings is 9. The Morgan fingerprint density at radius 2 is 1.02 bits per heavy atom. The summed E-state index contributed by atoms with van der Waals surface area (Å²) in [6.07, 6.45) is 0. The fourth-order valence-corrected chi connectivity index (χ4v) is 10.3. The number of fused-ring (bicyclic) bond motifs is 4. The van der Waals surface area contributed by atoms with Crippen LogP contribution in [0.4, 0.5) is 17.1 Å². The van der Waals surface area contributed by atoms with Gasteiger partial charge in [0.1, 0.15) is 22.3 Å². The Bertz CT molecular complexity index is 3550. The molecular formula is C55H35NO2. The topological polar surface area (TPSA) is 29.5 Å². The molecule has 0 spiro atoms. The molecule has 58 heavy (non-hydrogen) atoms. The van der Waals surface area contributed by atoms with Crippen molar-refractivity contribution >= 4 is 71.7 Å². The summed E-state index contributed by atoms with van der Waals surface area (Å²) in [4.78, 5) is 2.37. The lowest BCUT2D eigenvalue weighted by Crippen LogP contribution is -2.15. The normalized spacial score (nSPS) is 13.5. The van der Waals surface area contributed by atoms with Gasteiger partial charge in [0.25, 0.3) is 0 Å². The Labute approximate surface area is 335 Å². The van der Waals surface area contributed by atoms with Gasteiger partial charge in [0.05, 0.1) is 0 Å². The molecular weight excluding hydrogens is 707 g/mol. The molecule has 0 radical (unpaired) electrons. The molecule has 2 aliphatic carbocycles. The first kappa shape index (κ1) is 31.8. The van der Waals surface area contributed by atoms with E-state index in [1.807, 2.05) is 12.1 Å². The molecule has 0 fully saturated rings. The highest BCUT2D eigenvalue weighted by atomic mass is 16.3. The number of nitrogens with zero attached hydrogens (tertiary/aromatic N) is 1. The van der Waals surface area contributed by atoms with Crippen molar-refractivity contribution in [3.63, 3.8) is 0 Å². The second-order valence-corrected chi connectivity index (χ2v) is 16.4. The van der Waals surface area contributed by atoms with E-state index in [0.717, 1.165) is 61.3 Å². The van der Waals surface area contributed by atoms with Gasteiger partial charge < -0.3 is 13.7 Å². The van der Waals surface area contributed by atoms with Crippen molar-refractivity contribution in [2.45, 2.75) is 19.3 Å². The summed E-state index contributed by atoms with van der Waals surface area (Å²) in [6.45, 7) is 4.76. The molecule has 2 aliphatic rings. The van der Waals surface area contributed by atoms with Crippen LogP contribution in [-0.4, -0.2) is 0 Å². The number of furan rings is 2. The first-order chi connectivity index (χ1) is 28.5. The van der Waals surface area contributed by atoms with Crippen molar-refractivity contribution in [3.05, 3.63) is 187 Å². The van der Waals surface area contributed by atoms with E-state index in [0.29, 0.717) is 0 Å². The predicted octanol–water partition coefficient (Wildman–Crippen LogP) is 15.7. The minimum atomic E-state index is -0.152. The third-order valence-electron chi connectivity index (χ3n) is 13.0. The second kappa shape index (κ2) is 11.4. The molecule has 0 N–H and O–H groups in total. The van der Waals surface area contributed by atoms with Gasteiger partial charge in [-0.25, -0.2) is 0 Å². The van der Waals surface area contributed by atoms with E-state index in [1.165, 1.54) is 66.1 Å². The molecule has 272 valence electrons. The standard InChI is InChI=1S/C55H35NO2/c1-55(2)43-26-21-33-22-28-47-54-49(33)52(43)53-44(55)27-25-39(50(53)42-18-10-20-46(58-47)51(42)54)35-14-9-16-37(30-35)56(36-15-8-13-34(29-36)32-11-4-3-5-12-32)38-23-24-41-40-17-6-7-19-45(40)57-48(41)31-38/h3-31H,1-2H3. The lowest BCUT2D eigenvalue weighted by molar-refractivity contribution is 0.661. The Morgan fingerprint density at radius 3 is 1.90 bits per heavy atom. The van der Waals surface area contributed by atoms with Crippen LogP contribution in [-0.2, 0) is 5.41 Å². The van der Waals surface area contributed by atoms with Crippen LogP contribution in [0, 0.1) is 0 Å². The summed E-state index contributed by atoms with van der Waals surface area (Å²) in [7, 11) is 0. The summed E-state index contributed by atoms with van der Waals surface area (Å²) in [5.74, 6) is 0. The van der Waals surface area contributed by atoms with Crippen molar-refractivity contribution in [1.82, 2.24) is 0 Å². The fraction of sp³-hybridized carbons (Fsp3) is 0.0545. The van der Waals surface area contributed by atoms with Gasteiger partial charge in [0.2, 0.25) is 0 Å². The summed E-state index contributed by atoms with van der Waals surface area (Å²) >= 11 is 0. The van der Waals surface area contributed by atoms with E-state index in [1.54, 1.807) is 0 Å². The van der Waals surface area contributed by atoms with Gasteiger partial charge in [0, 0.05) is 55.5 Å². The molecule has 0 unspecified atom stereocenters. The van der Waals surface area contributed by atoms with E-state index < -0.39 is 0 Å². The molecule has 13 rings (SSSR count). The van der Waals surface area contributed by atoms with Crippen molar-refractivity contribution in [2.75, 3.05) is 4.90 Å². The molecule has 0 saturated heterocycles. The molecule has 2 heterocycles. The SMILES string of the molecule is CC1(C)c2ccc(-c3cccc(N(c4cccc(-c5ccccc5)c4)c4ccc5c(c4)oc4ccccc45)c3)c3c2-c2c1ccc1ccc4oc5cccc-3c5c4c21. The molecule has 11 aromatic rings. The number of hydrogen-bond donors (Lipinski definition) is 0. The largest absolute Gasteiger partial charge is 0.456 e. The Hall–Kier alpha value is -7.36. The van der Waals surface area contributed by atoms with E-state index in [4.69, 9.17) is 8.83 Å². The third kappa shape index (κ3) is 4.23. The first-order valence-electron chi connectivity index (χ1n) is 20.1. The number of para-hydroxylation sites is 1. The van der Waals surface area contributed by atoms with Gasteiger partial charge in [-0.15, -0.1) is 0 Å². The van der Waals surface area contributed by atoms with Crippen LogP contribution in [0.3, 0.4) is 0 Å². The maximum atomic E-state index is 6.63. The van der Waals surface area contributed by atoms with E-state index in [2.05, 4.69) is 183 Å². The second-order valence-electron chi connectivity index (χ2n) is 16.4. The minimum Gasteiger partial charge on any atom is -0.456 e. The van der Waals surface area contributed by atoms with Gasteiger partial charge in [0.15, 0.2) is 0 Å². The maximum Gasteiger partial charge on any atom is 0.137 e. The van der Waals surface area contributed by atoms with Gasteiger partial charge in [-0.1, -0.05) is 129 Å². The summed E-state index contributed by atoms with van der Waals surface area (Å²) in [5, 5.41) is 7.23. The van der Waals surface area contributed by atoms with E-state index >= 15 is 0 Å². The molecule has 2 aromatic heterocycles. The highest BCUT2D eigenvalue weighted by molar-refractivity contribution is 6.31. The summed E-state index contributed by atoms with van der Waals surface area (Å²) in [6, 6.07) is 63.8. The van der Waals surface area contributed by atoms with Crippen LogP contribution < -0.4 is 4.90 Å².